The second-order valence-electron chi connectivity index (χ2n) is 8.53. The molecule has 5 rings (SSSR count). The highest BCUT2D eigenvalue weighted by atomic mass is 32.1. The number of fused-ring (bicyclic) bond motifs is 1. The van der Waals surface area contributed by atoms with Gasteiger partial charge in [-0.3, -0.25) is 9.59 Å². The van der Waals surface area contributed by atoms with E-state index < -0.39 is 0 Å². The third kappa shape index (κ3) is 5.12. The molecule has 1 saturated carbocycles. The molecule has 172 valence electrons. The van der Waals surface area contributed by atoms with Crippen LogP contribution in [0.3, 0.4) is 0 Å². The van der Waals surface area contributed by atoms with Crippen LogP contribution in [0.4, 0.5) is 4.39 Å². The Bertz CT molecular complexity index is 1130. The molecule has 1 atom stereocenters. The number of amides is 2. The highest BCUT2D eigenvalue weighted by Crippen LogP contribution is 2.35. The number of rotatable bonds is 8. The lowest BCUT2D eigenvalue weighted by Crippen LogP contribution is -2.48. The molecule has 0 bridgehead atoms. The number of hydrogen-bond donors (Lipinski definition) is 0. The molecule has 1 aromatic carbocycles. The lowest BCUT2D eigenvalue weighted by Gasteiger charge is -2.37. The maximum absolute atomic E-state index is 13.6. The minimum atomic E-state index is -0.358. The third-order valence-electron chi connectivity index (χ3n) is 6.14. The zero-order valence-corrected chi connectivity index (χ0v) is 19.7. The summed E-state index contributed by atoms with van der Waals surface area (Å²) in [5.74, 6) is 0.408. The maximum atomic E-state index is 13.6. The van der Waals surface area contributed by atoms with Gasteiger partial charge in [-0.2, -0.15) is 0 Å². The Balaban J connectivity index is 1.33. The van der Waals surface area contributed by atoms with E-state index in [1.165, 1.54) is 28.3 Å². The predicted molar refractivity (Wildman–Crippen MR) is 127 cm³/mol. The molecule has 8 heteroatoms. The number of carbonyl (C=O) groups excluding carboxylic acids is 2. The molecule has 0 N–H and O–H groups in total. The van der Waals surface area contributed by atoms with Crippen molar-refractivity contribution in [3.05, 3.63) is 74.4 Å². The number of benzene rings is 1. The van der Waals surface area contributed by atoms with Gasteiger partial charge in [-0.1, -0.05) is 12.1 Å². The summed E-state index contributed by atoms with van der Waals surface area (Å²) < 4.78 is 19.5. The quantitative estimate of drug-likeness (QED) is 0.452. The van der Waals surface area contributed by atoms with Crippen molar-refractivity contribution in [1.82, 2.24) is 9.80 Å². The van der Waals surface area contributed by atoms with E-state index >= 15 is 0 Å². The van der Waals surface area contributed by atoms with Crippen molar-refractivity contribution in [1.29, 1.82) is 0 Å². The van der Waals surface area contributed by atoms with Crippen molar-refractivity contribution >= 4 is 34.5 Å². The van der Waals surface area contributed by atoms with Gasteiger partial charge < -0.3 is 14.5 Å². The molecule has 2 aliphatic rings. The van der Waals surface area contributed by atoms with Crippen molar-refractivity contribution < 1.29 is 18.7 Å². The zero-order valence-electron chi connectivity index (χ0n) is 18.1. The van der Waals surface area contributed by atoms with Crippen LogP contribution in [0.5, 0.6) is 5.75 Å². The summed E-state index contributed by atoms with van der Waals surface area (Å²) in [7, 11) is 0. The number of hydrogen-bond acceptors (Lipinski definition) is 5. The highest BCUT2D eigenvalue weighted by Gasteiger charge is 2.35. The zero-order chi connectivity index (χ0) is 22.8. The molecule has 0 unspecified atom stereocenters. The third-order valence-corrected chi connectivity index (χ3v) is 7.99. The van der Waals surface area contributed by atoms with Crippen LogP contribution in [-0.4, -0.2) is 47.9 Å². The molecule has 1 aliphatic heterocycles. The topological polar surface area (TPSA) is 49.9 Å². The summed E-state index contributed by atoms with van der Waals surface area (Å²) in [5.41, 5.74) is 1.08. The van der Waals surface area contributed by atoms with Gasteiger partial charge in [-0.15, -0.1) is 22.7 Å². The monoisotopic (exact) mass is 484 g/mol. The number of thiophene rings is 2. The first-order chi connectivity index (χ1) is 16.1. The fourth-order valence-corrected chi connectivity index (χ4v) is 5.87. The van der Waals surface area contributed by atoms with Gasteiger partial charge in [0, 0.05) is 24.0 Å². The van der Waals surface area contributed by atoms with Gasteiger partial charge in [0.05, 0.1) is 10.9 Å². The van der Waals surface area contributed by atoms with Crippen molar-refractivity contribution in [3.8, 4) is 5.75 Å². The molecule has 0 spiro atoms. The van der Waals surface area contributed by atoms with Gasteiger partial charge in [-0.25, -0.2) is 4.39 Å². The normalized spacial score (nSPS) is 17.5. The minimum Gasteiger partial charge on any atom is -0.491 e. The molecule has 1 fully saturated rings. The summed E-state index contributed by atoms with van der Waals surface area (Å²) in [6.07, 6.45) is 3.00. The summed E-state index contributed by atoms with van der Waals surface area (Å²) in [6.45, 7) is 1.49. The van der Waals surface area contributed by atoms with Gasteiger partial charge >= 0.3 is 0 Å². The fourth-order valence-electron chi connectivity index (χ4n) is 4.25. The fraction of sp³-hybridized carbons (Fsp3) is 0.360. The number of carbonyl (C=O) groups is 2. The Kier molecular flexibility index (Phi) is 6.46. The van der Waals surface area contributed by atoms with E-state index in [9.17, 15) is 14.0 Å². The van der Waals surface area contributed by atoms with E-state index in [-0.39, 0.29) is 36.8 Å². The Hall–Kier alpha value is -2.71. The van der Waals surface area contributed by atoms with Crippen molar-refractivity contribution in [2.45, 2.75) is 25.3 Å². The van der Waals surface area contributed by atoms with Gasteiger partial charge in [0.1, 0.15) is 24.7 Å². The molecular weight excluding hydrogens is 459 g/mol. The minimum absolute atomic E-state index is 0.0587. The molecule has 3 heterocycles. The van der Waals surface area contributed by atoms with Gasteiger partial charge in [-0.05, 0) is 65.8 Å². The van der Waals surface area contributed by atoms with E-state index in [1.807, 2.05) is 33.9 Å². The first kappa shape index (κ1) is 22.1. The predicted octanol–water partition coefficient (Wildman–Crippen LogP) is 5.01. The van der Waals surface area contributed by atoms with Gasteiger partial charge in [0.15, 0.2) is 0 Å². The van der Waals surface area contributed by atoms with Crippen LogP contribution in [-0.2, 0) is 11.2 Å². The van der Waals surface area contributed by atoms with Crippen LogP contribution in [0.1, 0.15) is 39.0 Å². The number of nitrogens with zero attached hydrogens (tertiary/aromatic N) is 2. The van der Waals surface area contributed by atoms with E-state index in [0.29, 0.717) is 29.6 Å². The Morgan fingerprint density at radius 1 is 1.12 bits per heavy atom. The van der Waals surface area contributed by atoms with Crippen LogP contribution in [0, 0.1) is 11.7 Å². The number of ether oxygens (including phenoxy) is 1. The molecule has 2 aromatic heterocycles. The molecule has 2 amide bonds. The second kappa shape index (κ2) is 9.65. The average Bonchev–Trinajstić information content (AvgIpc) is 3.26. The molecule has 1 aliphatic carbocycles. The van der Waals surface area contributed by atoms with E-state index in [0.717, 1.165) is 24.8 Å². The second-order valence-corrected chi connectivity index (χ2v) is 10.5. The molecule has 33 heavy (non-hydrogen) atoms. The number of halogens is 1. The van der Waals surface area contributed by atoms with Crippen molar-refractivity contribution in [2.75, 3.05) is 26.2 Å². The largest absolute Gasteiger partial charge is 0.491 e. The maximum Gasteiger partial charge on any atom is 0.264 e. The lowest BCUT2D eigenvalue weighted by molar-refractivity contribution is -0.135. The molecule has 5 nitrogen and oxygen atoms in total. The van der Waals surface area contributed by atoms with Crippen LogP contribution in [0.15, 0.2) is 53.2 Å². The Morgan fingerprint density at radius 2 is 2.00 bits per heavy atom. The van der Waals surface area contributed by atoms with Crippen LogP contribution in [0.25, 0.3) is 0 Å². The highest BCUT2D eigenvalue weighted by molar-refractivity contribution is 7.12. The molecular formula is C25H25FN2O3S2. The van der Waals surface area contributed by atoms with Crippen molar-refractivity contribution in [2.24, 2.45) is 5.92 Å². The summed E-state index contributed by atoms with van der Waals surface area (Å²) in [5, 5.41) is 3.92. The average molecular weight is 485 g/mol. The standard InChI is InChI=1S/C25H25FN2O3S2/c26-18-3-1-4-19(13-18)31-16-21-20-9-12-33-22(20)8-10-28(21)24(29)15-27(14-17-6-7-17)25(30)23-5-2-11-32-23/h1-5,9,11-13,17,21H,6-8,10,14-16H2/t21-/m0/s1. The molecule has 0 radical (unpaired) electrons. The van der Waals surface area contributed by atoms with Crippen LogP contribution in [0.2, 0.25) is 0 Å². The Labute approximate surface area is 200 Å². The summed E-state index contributed by atoms with van der Waals surface area (Å²) in [6, 6.07) is 11.5. The molecule has 0 saturated heterocycles. The summed E-state index contributed by atoms with van der Waals surface area (Å²) in [4.78, 5) is 32.0. The first-order valence-corrected chi connectivity index (χ1v) is 12.9. The van der Waals surface area contributed by atoms with E-state index in [1.54, 1.807) is 28.4 Å². The van der Waals surface area contributed by atoms with E-state index in [4.69, 9.17) is 4.74 Å². The summed E-state index contributed by atoms with van der Waals surface area (Å²) >= 11 is 3.09. The van der Waals surface area contributed by atoms with Crippen molar-refractivity contribution in [3.63, 3.8) is 0 Å². The van der Waals surface area contributed by atoms with Crippen LogP contribution < -0.4 is 4.74 Å². The SMILES string of the molecule is O=C(c1cccs1)N(CC(=O)N1CCc2sccc2[C@@H]1COc1cccc(F)c1)CC1CC1. The first-order valence-electron chi connectivity index (χ1n) is 11.2. The van der Waals surface area contributed by atoms with Crippen LogP contribution >= 0.6 is 22.7 Å². The van der Waals surface area contributed by atoms with Gasteiger partial charge in [0.25, 0.3) is 5.91 Å². The smallest absolute Gasteiger partial charge is 0.264 e. The van der Waals surface area contributed by atoms with E-state index in [2.05, 4.69) is 0 Å². The molecule has 3 aromatic rings. The van der Waals surface area contributed by atoms with Gasteiger partial charge in [0.2, 0.25) is 5.91 Å². The Morgan fingerprint density at radius 3 is 2.76 bits per heavy atom. The lowest BCUT2D eigenvalue weighted by atomic mass is 10.0.